The second kappa shape index (κ2) is 11.6. The molecule has 4 rings (SSSR count). The Balaban J connectivity index is 1.54. The molecular weight excluding hydrogens is 511 g/mol. The van der Waals surface area contributed by atoms with Crippen LogP contribution in [0, 0.1) is 25.6 Å². The second-order valence-corrected chi connectivity index (χ2v) is 12.5. The lowest BCUT2D eigenvalue weighted by molar-refractivity contribution is -0.123. The molecule has 1 saturated heterocycles. The molecular formula is C27H35FN4O3S2. The van der Waals surface area contributed by atoms with E-state index in [0.717, 1.165) is 53.1 Å². The number of rotatable bonds is 9. The Morgan fingerprint density at radius 2 is 1.73 bits per heavy atom. The number of aryl methyl sites for hydroxylation is 2. The number of carbonyl (C=O) groups excluding carboxylic acids is 1. The molecule has 7 nitrogen and oxygen atoms in total. The summed E-state index contributed by atoms with van der Waals surface area (Å²) in [5, 5.41) is 0.696. The van der Waals surface area contributed by atoms with Crippen molar-refractivity contribution in [3.8, 4) is 0 Å². The van der Waals surface area contributed by atoms with Crippen LogP contribution < -0.4 is 4.90 Å². The van der Waals surface area contributed by atoms with Crippen molar-refractivity contribution < 1.29 is 17.6 Å². The third-order valence-corrected chi connectivity index (χ3v) is 10.2. The number of thiazole rings is 1. The van der Waals surface area contributed by atoms with Gasteiger partial charge in [0.05, 0.1) is 15.1 Å². The lowest BCUT2D eigenvalue weighted by Gasteiger charge is -2.33. The van der Waals surface area contributed by atoms with Crippen molar-refractivity contribution in [1.29, 1.82) is 0 Å². The van der Waals surface area contributed by atoms with Crippen LogP contribution in [0.3, 0.4) is 0 Å². The van der Waals surface area contributed by atoms with Gasteiger partial charge in [-0.25, -0.2) is 17.8 Å². The highest BCUT2D eigenvalue weighted by Crippen LogP contribution is 2.34. The van der Waals surface area contributed by atoms with Crippen molar-refractivity contribution in [2.75, 3.05) is 44.2 Å². The Hall–Kier alpha value is -2.40. The molecule has 0 bridgehead atoms. The van der Waals surface area contributed by atoms with Crippen LogP contribution >= 0.6 is 11.3 Å². The van der Waals surface area contributed by atoms with Gasteiger partial charge in [-0.2, -0.15) is 4.31 Å². The van der Waals surface area contributed by atoms with E-state index in [2.05, 4.69) is 31.7 Å². The molecule has 10 heteroatoms. The van der Waals surface area contributed by atoms with E-state index in [-0.39, 0.29) is 29.8 Å². The summed E-state index contributed by atoms with van der Waals surface area (Å²) in [4.78, 5) is 22.9. The molecule has 0 radical (unpaired) electrons. The molecule has 0 N–H and O–H groups in total. The Morgan fingerprint density at radius 3 is 2.35 bits per heavy atom. The summed E-state index contributed by atoms with van der Waals surface area (Å²) in [5.41, 5.74) is 3.19. The molecule has 1 aliphatic rings. The summed E-state index contributed by atoms with van der Waals surface area (Å²) in [6.45, 7) is 11.9. The number of piperidine rings is 1. The molecule has 2 aromatic carbocycles. The first-order chi connectivity index (χ1) is 17.6. The van der Waals surface area contributed by atoms with E-state index >= 15 is 0 Å². The number of aromatic nitrogens is 1. The molecule has 3 aromatic rings. The molecule has 0 unspecified atom stereocenters. The third kappa shape index (κ3) is 6.03. The number of sulfonamides is 1. The third-order valence-electron chi connectivity index (χ3n) is 7.09. The standard InChI is InChI=1S/C27H35FN4O3S2/c1-5-30(6-2)15-16-32(27-29-24-18-19(3)17-20(4)25(24)36-27)26(33)21-11-13-31(14-12-21)37(34,35)23-9-7-22(28)8-10-23/h7-10,17-18,21H,5-6,11-16H2,1-4H3. The highest BCUT2D eigenvalue weighted by molar-refractivity contribution is 7.89. The van der Waals surface area contributed by atoms with Gasteiger partial charge in [-0.3, -0.25) is 9.69 Å². The Morgan fingerprint density at radius 1 is 1.08 bits per heavy atom. The minimum Gasteiger partial charge on any atom is -0.302 e. The summed E-state index contributed by atoms with van der Waals surface area (Å²) >= 11 is 1.54. The van der Waals surface area contributed by atoms with Crippen molar-refractivity contribution in [3.63, 3.8) is 0 Å². The fourth-order valence-electron chi connectivity index (χ4n) is 4.88. The monoisotopic (exact) mass is 546 g/mol. The quantitative estimate of drug-likeness (QED) is 0.385. The van der Waals surface area contributed by atoms with Crippen molar-refractivity contribution in [3.05, 3.63) is 53.3 Å². The van der Waals surface area contributed by atoms with Gasteiger partial charge in [0, 0.05) is 32.1 Å². The minimum absolute atomic E-state index is 0.000539. The molecule has 0 spiro atoms. The summed E-state index contributed by atoms with van der Waals surface area (Å²) in [5.74, 6) is -0.765. The van der Waals surface area contributed by atoms with Gasteiger partial charge in [-0.05, 0) is 81.2 Å². The van der Waals surface area contributed by atoms with Gasteiger partial charge in [-0.15, -0.1) is 0 Å². The molecule has 1 aromatic heterocycles. The topological polar surface area (TPSA) is 73.8 Å². The Kier molecular flexibility index (Phi) is 8.63. The van der Waals surface area contributed by atoms with E-state index < -0.39 is 15.8 Å². The van der Waals surface area contributed by atoms with Gasteiger partial charge in [-0.1, -0.05) is 31.3 Å². The predicted molar refractivity (Wildman–Crippen MR) is 147 cm³/mol. The average Bonchev–Trinajstić information content (AvgIpc) is 3.31. The molecule has 200 valence electrons. The lowest BCUT2D eigenvalue weighted by atomic mass is 9.96. The second-order valence-electron chi connectivity index (χ2n) is 9.58. The van der Waals surface area contributed by atoms with Crippen LogP contribution in [0.2, 0.25) is 0 Å². The smallest absolute Gasteiger partial charge is 0.243 e. The molecule has 0 aliphatic carbocycles. The first kappa shape index (κ1) is 27.6. The molecule has 1 fully saturated rings. The van der Waals surface area contributed by atoms with Crippen LogP contribution in [0.15, 0.2) is 41.3 Å². The number of likely N-dealkylation sites (N-methyl/N-ethyl adjacent to an activating group) is 1. The number of fused-ring (bicyclic) bond motifs is 1. The van der Waals surface area contributed by atoms with E-state index in [1.807, 2.05) is 17.9 Å². The number of benzene rings is 2. The summed E-state index contributed by atoms with van der Waals surface area (Å²) < 4.78 is 41.8. The van der Waals surface area contributed by atoms with Gasteiger partial charge in [0.25, 0.3) is 0 Å². The highest BCUT2D eigenvalue weighted by atomic mass is 32.2. The first-order valence-electron chi connectivity index (χ1n) is 12.8. The number of hydrogen-bond acceptors (Lipinski definition) is 6. The Bertz CT molecular complexity index is 1350. The van der Waals surface area contributed by atoms with Gasteiger partial charge in [0.15, 0.2) is 5.13 Å². The molecule has 37 heavy (non-hydrogen) atoms. The fraction of sp³-hybridized carbons (Fsp3) is 0.481. The van der Waals surface area contributed by atoms with Crippen molar-refractivity contribution >= 4 is 42.6 Å². The van der Waals surface area contributed by atoms with E-state index in [9.17, 15) is 17.6 Å². The zero-order valence-electron chi connectivity index (χ0n) is 21.9. The number of hydrogen-bond donors (Lipinski definition) is 0. The summed E-state index contributed by atoms with van der Waals surface area (Å²) in [7, 11) is -3.73. The van der Waals surface area contributed by atoms with Crippen LogP contribution in [0.1, 0.15) is 37.8 Å². The van der Waals surface area contributed by atoms with E-state index in [4.69, 9.17) is 4.98 Å². The van der Waals surface area contributed by atoms with Crippen molar-refractivity contribution in [2.24, 2.45) is 5.92 Å². The number of nitrogens with zero attached hydrogens (tertiary/aromatic N) is 4. The SMILES string of the molecule is CCN(CC)CCN(C(=O)C1CCN(S(=O)(=O)c2ccc(F)cc2)CC1)c1nc2cc(C)cc(C)c2s1. The summed E-state index contributed by atoms with van der Waals surface area (Å²) in [6.07, 6.45) is 0.869. The zero-order chi connectivity index (χ0) is 26.7. The maximum absolute atomic E-state index is 13.8. The molecule has 2 heterocycles. The molecule has 1 aliphatic heterocycles. The normalized spacial score (nSPS) is 15.5. The van der Waals surface area contributed by atoms with Crippen LogP contribution in [0.25, 0.3) is 10.2 Å². The minimum atomic E-state index is -3.73. The van der Waals surface area contributed by atoms with Gasteiger partial charge in [0.1, 0.15) is 5.82 Å². The average molecular weight is 547 g/mol. The molecule has 1 amide bonds. The maximum Gasteiger partial charge on any atom is 0.243 e. The number of halogens is 1. The van der Waals surface area contributed by atoms with Crippen molar-refractivity contribution in [2.45, 2.75) is 45.4 Å². The molecule has 0 saturated carbocycles. The van der Waals surface area contributed by atoms with Gasteiger partial charge >= 0.3 is 0 Å². The van der Waals surface area contributed by atoms with E-state index in [1.165, 1.54) is 16.4 Å². The molecule has 0 atom stereocenters. The van der Waals surface area contributed by atoms with Crippen molar-refractivity contribution in [1.82, 2.24) is 14.2 Å². The van der Waals surface area contributed by atoms with Crippen LogP contribution in [-0.4, -0.2) is 67.8 Å². The van der Waals surface area contributed by atoms with Gasteiger partial charge in [0.2, 0.25) is 15.9 Å². The highest BCUT2D eigenvalue weighted by Gasteiger charge is 2.35. The Labute approximate surface area is 223 Å². The van der Waals surface area contributed by atoms with Gasteiger partial charge < -0.3 is 4.90 Å². The number of amides is 1. The number of carbonyl (C=O) groups is 1. The zero-order valence-corrected chi connectivity index (χ0v) is 23.5. The van der Waals surface area contributed by atoms with Crippen LogP contribution in [0.4, 0.5) is 9.52 Å². The predicted octanol–water partition coefficient (Wildman–Crippen LogP) is 4.83. The lowest BCUT2D eigenvalue weighted by Crippen LogP contribution is -2.46. The van der Waals surface area contributed by atoms with E-state index in [0.29, 0.717) is 24.5 Å². The maximum atomic E-state index is 13.8. The van der Waals surface area contributed by atoms with E-state index in [1.54, 1.807) is 11.3 Å². The fourth-order valence-corrected chi connectivity index (χ4v) is 7.40. The first-order valence-corrected chi connectivity index (χ1v) is 15.1. The summed E-state index contributed by atoms with van der Waals surface area (Å²) in [6, 6.07) is 9.05. The largest absolute Gasteiger partial charge is 0.302 e. The van der Waals surface area contributed by atoms with Crippen LogP contribution in [-0.2, 0) is 14.8 Å². The number of anilines is 1. The van der Waals surface area contributed by atoms with Crippen LogP contribution in [0.5, 0.6) is 0 Å².